The highest BCUT2D eigenvalue weighted by Crippen LogP contribution is 2.24. The third-order valence-corrected chi connectivity index (χ3v) is 1.77. The third kappa shape index (κ3) is 5.30. The molecule has 0 saturated carbocycles. The Hall–Kier alpha value is -0.100. The first-order valence-corrected chi connectivity index (χ1v) is 7.08. The molecule has 1 aromatic rings. The van der Waals surface area contributed by atoms with E-state index in [-0.39, 0.29) is 17.2 Å². The Bertz CT molecular complexity index is 373. The molecular formula is C8H7Cl3F2O2S. The van der Waals surface area contributed by atoms with E-state index in [9.17, 15) is 8.78 Å². The molecule has 0 aliphatic heterocycles. The Morgan fingerprint density at radius 1 is 1.38 bits per heavy atom. The SMILES string of the molecule is COc1ccc(F)c(F)c1CCl.O=S(Cl)Cl. The van der Waals surface area contributed by atoms with Crippen LogP contribution in [0.1, 0.15) is 5.56 Å². The van der Waals surface area contributed by atoms with Gasteiger partial charge in [0, 0.05) is 26.9 Å². The molecule has 0 fully saturated rings. The molecule has 0 atom stereocenters. The minimum absolute atomic E-state index is 0.0548. The Balaban J connectivity index is 0.000000487. The van der Waals surface area contributed by atoms with Gasteiger partial charge in [-0.3, -0.25) is 0 Å². The van der Waals surface area contributed by atoms with Crippen LogP contribution in [-0.4, -0.2) is 11.3 Å². The van der Waals surface area contributed by atoms with Gasteiger partial charge < -0.3 is 4.74 Å². The fourth-order valence-corrected chi connectivity index (χ4v) is 1.14. The molecule has 1 rings (SSSR count). The maximum Gasteiger partial charge on any atom is 0.211 e. The topological polar surface area (TPSA) is 26.3 Å². The predicted octanol–water partition coefficient (Wildman–Crippen LogP) is 3.75. The smallest absolute Gasteiger partial charge is 0.211 e. The summed E-state index contributed by atoms with van der Waals surface area (Å²) in [5.41, 5.74) is 0.0548. The van der Waals surface area contributed by atoms with Crippen molar-refractivity contribution in [1.29, 1.82) is 0 Å². The zero-order valence-electron chi connectivity index (χ0n) is 7.98. The first kappa shape index (κ1) is 15.9. The minimum atomic E-state index is -1.67. The van der Waals surface area contributed by atoms with Gasteiger partial charge in [0.1, 0.15) is 5.75 Å². The van der Waals surface area contributed by atoms with Crippen LogP contribution in [0.5, 0.6) is 5.75 Å². The van der Waals surface area contributed by atoms with Crippen LogP contribution >= 0.6 is 33.0 Å². The van der Waals surface area contributed by atoms with Gasteiger partial charge in [-0.05, 0) is 12.1 Å². The molecule has 0 saturated heterocycles. The van der Waals surface area contributed by atoms with E-state index in [2.05, 4.69) is 21.4 Å². The maximum absolute atomic E-state index is 12.9. The summed E-state index contributed by atoms with van der Waals surface area (Å²) >= 11 is 5.40. The molecule has 16 heavy (non-hydrogen) atoms. The van der Waals surface area contributed by atoms with Gasteiger partial charge in [0.2, 0.25) is 9.23 Å². The highest BCUT2D eigenvalue weighted by molar-refractivity contribution is 8.26. The van der Waals surface area contributed by atoms with Gasteiger partial charge in [-0.2, -0.15) is 0 Å². The highest BCUT2D eigenvalue weighted by atomic mass is 36.0. The van der Waals surface area contributed by atoms with Crippen LogP contribution in [0.15, 0.2) is 12.1 Å². The number of methoxy groups -OCH3 is 1. The molecule has 0 amide bonds. The lowest BCUT2D eigenvalue weighted by atomic mass is 10.2. The summed E-state index contributed by atoms with van der Waals surface area (Å²) in [6.07, 6.45) is 0. The second-order valence-electron chi connectivity index (χ2n) is 2.36. The van der Waals surface area contributed by atoms with E-state index in [0.29, 0.717) is 0 Å². The van der Waals surface area contributed by atoms with Crippen molar-refractivity contribution in [3.8, 4) is 5.75 Å². The molecule has 0 aromatic heterocycles. The number of ether oxygens (including phenoxy) is 1. The number of hydrogen-bond acceptors (Lipinski definition) is 2. The monoisotopic (exact) mass is 310 g/mol. The highest BCUT2D eigenvalue weighted by Gasteiger charge is 2.12. The molecule has 1 aromatic carbocycles. The van der Waals surface area contributed by atoms with Gasteiger partial charge in [-0.1, -0.05) is 0 Å². The average Bonchev–Trinajstić information content (AvgIpc) is 2.21. The molecule has 0 bridgehead atoms. The average molecular weight is 312 g/mol. The van der Waals surface area contributed by atoms with Crippen molar-refractivity contribution in [3.63, 3.8) is 0 Å². The molecule has 92 valence electrons. The van der Waals surface area contributed by atoms with E-state index < -0.39 is 20.9 Å². The van der Waals surface area contributed by atoms with Gasteiger partial charge >= 0.3 is 0 Å². The van der Waals surface area contributed by atoms with Crippen LogP contribution in [0.25, 0.3) is 0 Å². The molecule has 0 radical (unpaired) electrons. The quantitative estimate of drug-likeness (QED) is 0.614. The molecule has 8 heteroatoms. The van der Waals surface area contributed by atoms with Gasteiger partial charge in [-0.15, -0.1) is 11.6 Å². The van der Waals surface area contributed by atoms with Crippen molar-refractivity contribution in [3.05, 3.63) is 29.3 Å². The number of benzene rings is 1. The van der Waals surface area contributed by atoms with Crippen LogP contribution in [0.3, 0.4) is 0 Å². The molecular weight excluding hydrogens is 305 g/mol. The first-order valence-electron chi connectivity index (χ1n) is 3.75. The summed E-state index contributed by atoms with van der Waals surface area (Å²) in [6, 6.07) is 2.35. The molecule has 0 aliphatic carbocycles. The van der Waals surface area contributed by atoms with Gasteiger partial charge in [-0.25, -0.2) is 13.0 Å². The fourth-order valence-electron chi connectivity index (χ4n) is 0.891. The lowest BCUT2D eigenvalue weighted by Crippen LogP contribution is -1.96. The van der Waals surface area contributed by atoms with Crippen molar-refractivity contribution < 1.29 is 17.7 Å². The maximum atomic E-state index is 12.9. The van der Waals surface area contributed by atoms with Crippen molar-refractivity contribution >= 4 is 42.2 Å². The first-order chi connectivity index (χ1) is 7.43. The Kier molecular flexibility index (Phi) is 8.01. The number of hydrogen-bond donors (Lipinski definition) is 0. The summed E-state index contributed by atoms with van der Waals surface area (Å²) in [7, 11) is 8.74. The summed E-state index contributed by atoms with van der Waals surface area (Å²) < 4.78 is 39.4. The Morgan fingerprint density at radius 2 is 1.88 bits per heavy atom. The van der Waals surface area contributed by atoms with Crippen molar-refractivity contribution in [1.82, 2.24) is 0 Å². The Labute approximate surface area is 108 Å². The van der Waals surface area contributed by atoms with Gasteiger partial charge in [0.15, 0.2) is 11.6 Å². The van der Waals surface area contributed by atoms with Crippen LogP contribution in [0.2, 0.25) is 0 Å². The van der Waals surface area contributed by atoms with Gasteiger partial charge in [0.25, 0.3) is 0 Å². The second-order valence-corrected chi connectivity index (χ2v) is 5.15. The van der Waals surface area contributed by atoms with Crippen LogP contribution in [0, 0.1) is 11.6 Å². The molecule has 0 spiro atoms. The number of halogens is 5. The predicted molar refractivity (Wildman–Crippen MR) is 62.3 cm³/mol. The summed E-state index contributed by atoms with van der Waals surface area (Å²) in [6.45, 7) is 0. The summed E-state index contributed by atoms with van der Waals surface area (Å²) in [4.78, 5) is 0. The van der Waals surface area contributed by atoms with Crippen LogP contribution < -0.4 is 4.74 Å². The van der Waals surface area contributed by atoms with Gasteiger partial charge in [0.05, 0.1) is 13.0 Å². The summed E-state index contributed by atoms with van der Waals surface area (Å²) in [5.74, 6) is -1.69. The van der Waals surface area contributed by atoms with Crippen molar-refractivity contribution in [2.75, 3.05) is 7.11 Å². The van der Waals surface area contributed by atoms with Crippen molar-refractivity contribution in [2.45, 2.75) is 5.88 Å². The molecule has 0 aliphatic rings. The third-order valence-electron chi connectivity index (χ3n) is 1.51. The lowest BCUT2D eigenvalue weighted by Gasteiger charge is -2.06. The zero-order chi connectivity index (χ0) is 12.7. The molecule has 0 unspecified atom stereocenters. The van der Waals surface area contributed by atoms with Crippen molar-refractivity contribution in [2.24, 2.45) is 0 Å². The fraction of sp³-hybridized carbons (Fsp3) is 0.250. The normalized spacial score (nSPS) is 9.69. The van der Waals surface area contributed by atoms with E-state index in [4.69, 9.17) is 20.5 Å². The molecule has 2 nitrogen and oxygen atoms in total. The van der Waals surface area contributed by atoms with E-state index in [0.717, 1.165) is 6.07 Å². The zero-order valence-corrected chi connectivity index (χ0v) is 11.1. The largest absolute Gasteiger partial charge is 0.496 e. The van der Waals surface area contributed by atoms with E-state index >= 15 is 0 Å². The standard InChI is InChI=1S/C8H7ClF2O.Cl2OS/c1-12-7-3-2-6(10)8(11)5(7)4-9;1-4(2)3/h2-3H,4H2,1H3;. The van der Waals surface area contributed by atoms with E-state index in [1.165, 1.54) is 13.2 Å². The minimum Gasteiger partial charge on any atom is -0.496 e. The molecule has 0 heterocycles. The number of alkyl halides is 1. The molecule has 0 N–H and O–H groups in total. The van der Waals surface area contributed by atoms with Crippen LogP contribution in [-0.2, 0) is 15.1 Å². The number of rotatable bonds is 2. The van der Waals surface area contributed by atoms with Crippen LogP contribution in [0.4, 0.5) is 8.78 Å². The summed E-state index contributed by atoms with van der Waals surface area (Å²) in [5, 5.41) is 0. The Morgan fingerprint density at radius 3 is 2.25 bits per heavy atom. The second kappa shape index (κ2) is 8.06. The van der Waals surface area contributed by atoms with E-state index in [1.54, 1.807) is 0 Å². The van der Waals surface area contributed by atoms with E-state index in [1.807, 2.05) is 0 Å². The lowest BCUT2D eigenvalue weighted by molar-refractivity contribution is 0.400.